The second kappa shape index (κ2) is 8.55. The number of anilines is 1. The van der Waals surface area contributed by atoms with Gasteiger partial charge in [0, 0.05) is 10.9 Å². The van der Waals surface area contributed by atoms with Crippen molar-refractivity contribution in [2.24, 2.45) is 0 Å². The van der Waals surface area contributed by atoms with Crippen LogP contribution < -0.4 is 10.6 Å². The fourth-order valence-corrected chi connectivity index (χ4v) is 2.81. The van der Waals surface area contributed by atoms with E-state index in [4.69, 9.17) is 0 Å². The zero-order chi connectivity index (χ0) is 17.5. The molecule has 0 aliphatic rings. The van der Waals surface area contributed by atoms with Gasteiger partial charge in [-0.3, -0.25) is 9.59 Å². The molecular weight excluding hydrogens is 320 g/mol. The predicted molar refractivity (Wildman–Crippen MR) is 99.8 cm³/mol. The largest absolute Gasteiger partial charge is 0.350 e. The third kappa shape index (κ3) is 4.38. The lowest BCUT2D eigenvalue weighted by atomic mass is 10.1. The molecule has 0 saturated carbocycles. The van der Waals surface area contributed by atoms with Gasteiger partial charge in [0.05, 0.1) is 16.8 Å². The van der Waals surface area contributed by atoms with Gasteiger partial charge in [-0.1, -0.05) is 31.2 Å². The molecule has 0 aromatic heterocycles. The molecule has 0 aliphatic heterocycles. The van der Waals surface area contributed by atoms with Crippen LogP contribution in [0.3, 0.4) is 0 Å². The highest BCUT2D eigenvalue weighted by Crippen LogP contribution is 2.22. The van der Waals surface area contributed by atoms with E-state index in [-0.39, 0.29) is 17.9 Å². The molecule has 2 rings (SSSR count). The van der Waals surface area contributed by atoms with Crippen molar-refractivity contribution in [1.29, 1.82) is 0 Å². The lowest BCUT2D eigenvalue weighted by molar-refractivity contribution is 0.0940. The quantitative estimate of drug-likeness (QED) is 0.774. The first-order chi connectivity index (χ1) is 11.6. The summed E-state index contributed by atoms with van der Waals surface area (Å²) < 4.78 is 0. The van der Waals surface area contributed by atoms with Crippen LogP contribution in [0.2, 0.25) is 0 Å². The van der Waals surface area contributed by atoms with E-state index in [1.54, 1.807) is 30.3 Å². The van der Waals surface area contributed by atoms with Crippen molar-refractivity contribution in [3.63, 3.8) is 0 Å². The molecule has 5 heteroatoms. The topological polar surface area (TPSA) is 58.2 Å². The van der Waals surface area contributed by atoms with Gasteiger partial charge in [0.2, 0.25) is 0 Å². The van der Waals surface area contributed by atoms with E-state index < -0.39 is 0 Å². The van der Waals surface area contributed by atoms with E-state index >= 15 is 0 Å². The fraction of sp³-hybridized carbons (Fsp3) is 0.263. The van der Waals surface area contributed by atoms with Crippen LogP contribution in [-0.4, -0.2) is 24.1 Å². The van der Waals surface area contributed by atoms with Crippen LogP contribution in [0.5, 0.6) is 0 Å². The summed E-state index contributed by atoms with van der Waals surface area (Å²) in [4.78, 5) is 25.9. The molecule has 0 radical (unpaired) electrons. The van der Waals surface area contributed by atoms with Gasteiger partial charge < -0.3 is 10.6 Å². The van der Waals surface area contributed by atoms with Crippen molar-refractivity contribution in [3.05, 3.63) is 59.7 Å². The van der Waals surface area contributed by atoms with Crippen LogP contribution in [0.1, 0.15) is 41.0 Å². The fourth-order valence-electron chi connectivity index (χ4n) is 2.22. The molecular formula is C19H22N2O2S. The number of nitrogens with one attached hydrogen (secondary N) is 2. The number of hydrogen-bond acceptors (Lipinski definition) is 3. The maximum atomic E-state index is 12.6. The molecule has 24 heavy (non-hydrogen) atoms. The summed E-state index contributed by atoms with van der Waals surface area (Å²) in [5.74, 6) is -0.401. The van der Waals surface area contributed by atoms with Gasteiger partial charge >= 0.3 is 0 Å². The molecule has 0 aliphatic carbocycles. The van der Waals surface area contributed by atoms with Crippen molar-refractivity contribution in [2.75, 3.05) is 11.6 Å². The van der Waals surface area contributed by atoms with Crippen molar-refractivity contribution in [1.82, 2.24) is 5.32 Å². The van der Waals surface area contributed by atoms with Crippen molar-refractivity contribution in [3.8, 4) is 0 Å². The Labute approximate surface area is 147 Å². The Morgan fingerprint density at radius 1 is 1.00 bits per heavy atom. The Bertz CT molecular complexity index is 731. The minimum absolute atomic E-state index is 0.0819. The van der Waals surface area contributed by atoms with E-state index in [1.165, 1.54) is 11.8 Å². The molecule has 0 bridgehead atoms. The molecule has 0 spiro atoms. The Hall–Kier alpha value is -2.27. The normalized spacial score (nSPS) is 11.6. The van der Waals surface area contributed by atoms with Crippen LogP contribution in [-0.2, 0) is 0 Å². The van der Waals surface area contributed by atoms with Crippen molar-refractivity contribution < 1.29 is 9.59 Å². The number of para-hydroxylation sites is 1. The Kier molecular flexibility index (Phi) is 6.44. The summed E-state index contributed by atoms with van der Waals surface area (Å²) in [7, 11) is 0. The van der Waals surface area contributed by atoms with Crippen LogP contribution in [0.4, 0.5) is 5.69 Å². The maximum absolute atomic E-state index is 12.6. The van der Waals surface area contributed by atoms with Gasteiger partial charge in [0.25, 0.3) is 11.8 Å². The van der Waals surface area contributed by atoms with Crippen LogP contribution in [0, 0.1) is 0 Å². The standard InChI is InChI=1S/C19H22N2O2S/c1-4-13(2)20-18(22)14-9-5-7-11-16(14)21-19(23)15-10-6-8-12-17(15)24-3/h5-13H,4H2,1-3H3,(H,20,22)(H,21,23)/t13-/m1/s1. The van der Waals surface area contributed by atoms with E-state index in [2.05, 4.69) is 10.6 Å². The molecule has 2 N–H and O–H groups in total. The third-order valence-corrected chi connectivity index (χ3v) is 4.56. The van der Waals surface area contributed by atoms with Crippen LogP contribution in [0.25, 0.3) is 0 Å². The average Bonchev–Trinajstić information content (AvgIpc) is 2.61. The predicted octanol–water partition coefficient (Wildman–Crippen LogP) is 4.19. The highest BCUT2D eigenvalue weighted by atomic mass is 32.2. The second-order valence-corrected chi connectivity index (χ2v) is 6.33. The number of benzene rings is 2. The van der Waals surface area contributed by atoms with Gasteiger partial charge in [-0.05, 0) is 43.9 Å². The molecule has 1 atom stereocenters. The zero-order valence-electron chi connectivity index (χ0n) is 14.1. The monoisotopic (exact) mass is 342 g/mol. The summed E-state index contributed by atoms with van der Waals surface area (Å²) in [6.45, 7) is 3.96. The molecule has 2 aromatic rings. The number of carbonyl (C=O) groups excluding carboxylic acids is 2. The first-order valence-electron chi connectivity index (χ1n) is 7.91. The van der Waals surface area contributed by atoms with Gasteiger partial charge in [-0.2, -0.15) is 0 Å². The van der Waals surface area contributed by atoms with Gasteiger partial charge in [-0.25, -0.2) is 0 Å². The molecule has 126 valence electrons. The lowest BCUT2D eigenvalue weighted by Crippen LogP contribution is -2.32. The smallest absolute Gasteiger partial charge is 0.256 e. The van der Waals surface area contributed by atoms with Gasteiger partial charge in [0.15, 0.2) is 0 Å². The Morgan fingerprint density at radius 2 is 1.62 bits per heavy atom. The zero-order valence-corrected chi connectivity index (χ0v) is 14.9. The number of hydrogen-bond donors (Lipinski definition) is 2. The van der Waals surface area contributed by atoms with Crippen LogP contribution >= 0.6 is 11.8 Å². The summed E-state index contributed by atoms with van der Waals surface area (Å²) in [6.07, 6.45) is 2.78. The second-order valence-electron chi connectivity index (χ2n) is 5.48. The van der Waals surface area contributed by atoms with Crippen LogP contribution in [0.15, 0.2) is 53.4 Å². The van der Waals surface area contributed by atoms with E-state index in [1.807, 2.05) is 38.3 Å². The van der Waals surface area contributed by atoms with Crippen molar-refractivity contribution >= 4 is 29.3 Å². The summed E-state index contributed by atoms with van der Waals surface area (Å²) in [6, 6.07) is 14.5. The van der Waals surface area contributed by atoms with Crippen molar-refractivity contribution in [2.45, 2.75) is 31.2 Å². The minimum Gasteiger partial charge on any atom is -0.350 e. The van der Waals surface area contributed by atoms with Gasteiger partial charge in [-0.15, -0.1) is 11.8 Å². The molecule has 0 fully saturated rings. The molecule has 2 amide bonds. The van der Waals surface area contributed by atoms with Gasteiger partial charge in [0.1, 0.15) is 0 Å². The lowest BCUT2D eigenvalue weighted by Gasteiger charge is -2.15. The molecule has 0 unspecified atom stereocenters. The average molecular weight is 342 g/mol. The number of amides is 2. The first kappa shape index (κ1) is 18.1. The number of carbonyl (C=O) groups is 2. The van der Waals surface area contributed by atoms with E-state index in [9.17, 15) is 9.59 Å². The summed E-state index contributed by atoms with van der Waals surface area (Å²) in [5.41, 5.74) is 1.58. The number of thioether (sulfide) groups is 1. The maximum Gasteiger partial charge on any atom is 0.256 e. The molecule has 2 aromatic carbocycles. The summed E-state index contributed by atoms with van der Waals surface area (Å²) in [5, 5.41) is 5.79. The molecule has 0 heterocycles. The molecule has 4 nitrogen and oxygen atoms in total. The highest BCUT2D eigenvalue weighted by molar-refractivity contribution is 7.98. The Balaban J connectivity index is 2.24. The summed E-state index contributed by atoms with van der Waals surface area (Å²) >= 11 is 1.52. The minimum atomic E-state index is -0.219. The number of rotatable bonds is 6. The third-order valence-electron chi connectivity index (χ3n) is 3.76. The van der Waals surface area contributed by atoms with E-state index in [0.717, 1.165) is 11.3 Å². The Morgan fingerprint density at radius 3 is 2.29 bits per heavy atom. The first-order valence-corrected chi connectivity index (χ1v) is 9.13. The molecule has 0 saturated heterocycles. The van der Waals surface area contributed by atoms with E-state index in [0.29, 0.717) is 16.8 Å². The highest BCUT2D eigenvalue weighted by Gasteiger charge is 2.16. The SMILES string of the molecule is CC[C@@H](C)NC(=O)c1ccccc1NC(=O)c1ccccc1SC.